The van der Waals surface area contributed by atoms with Crippen LogP contribution in [0.3, 0.4) is 0 Å². The number of anilines is 1. The molecule has 3 nitrogen and oxygen atoms in total. The monoisotopic (exact) mass is 235 g/mol. The molecule has 88 valence electrons. The molecule has 1 aromatic heterocycles. The SMILES string of the molecule is C/C(=N\Nc1ccc(F)cc1F)c1ccc[nH]1. The molecule has 1 heterocycles. The zero-order valence-corrected chi connectivity index (χ0v) is 9.17. The standard InChI is InChI=1S/C12H11F2N3/c1-8(11-3-2-6-15-11)16-17-12-5-4-9(13)7-10(12)14/h2-7,15,17H,1H3/b16-8+. The Morgan fingerprint density at radius 2 is 2.12 bits per heavy atom. The van der Waals surface area contributed by atoms with Crippen molar-refractivity contribution >= 4 is 11.4 Å². The molecule has 17 heavy (non-hydrogen) atoms. The highest BCUT2D eigenvalue weighted by atomic mass is 19.1. The number of hydrazone groups is 1. The van der Waals surface area contributed by atoms with Crippen LogP contribution in [0.1, 0.15) is 12.6 Å². The van der Waals surface area contributed by atoms with Crippen LogP contribution in [0, 0.1) is 11.6 Å². The van der Waals surface area contributed by atoms with Crippen molar-refractivity contribution in [1.82, 2.24) is 4.98 Å². The second-order valence-electron chi connectivity index (χ2n) is 3.52. The van der Waals surface area contributed by atoms with E-state index in [1.54, 1.807) is 13.1 Å². The Bertz CT molecular complexity index is 533. The third-order valence-electron chi connectivity index (χ3n) is 2.26. The summed E-state index contributed by atoms with van der Waals surface area (Å²) >= 11 is 0. The highest BCUT2D eigenvalue weighted by molar-refractivity contribution is 5.97. The molecule has 0 saturated heterocycles. The average Bonchev–Trinajstić information content (AvgIpc) is 2.81. The van der Waals surface area contributed by atoms with Gasteiger partial charge in [-0.3, -0.25) is 5.43 Å². The van der Waals surface area contributed by atoms with E-state index in [-0.39, 0.29) is 5.69 Å². The smallest absolute Gasteiger partial charge is 0.151 e. The first-order valence-electron chi connectivity index (χ1n) is 5.06. The molecule has 0 atom stereocenters. The summed E-state index contributed by atoms with van der Waals surface area (Å²) in [5.41, 5.74) is 4.20. The maximum absolute atomic E-state index is 13.3. The summed E-state index contributed by atoms with van der Waals surface area (Å²) in [5.74, 6) is -1.29. The van der Waals surface area contributed by atoms with Gasteiger partial charge in [0.2, 0.25) is 0 Å². The zero-order chi connectivity index (χ0) is 12.3. The lowest BCUT2D eigenvalue weighted by atomic mass is 10.3. The highest BCUT2D eigenvalue weighted by Crippen LogP contribution is 2.15. The van der Waals surface area contributed by atoms with Crippen molar-refractivity contribution in [3.05, 3.63) is 53.9 Å². The molecule has 0 aliphatic rings. The summed E-state index contributed by atoms with van der Waals surface area (Å²) in [7, 11) is 0. The largest absolute Gasteiger partial charge is 0.360 e. The van der Waals surface area contributed by atoms with Gasteiger partial charge in [-0.1, -0.05) is 0 Å². The van der Waals surface area contributed by atoms with Crippen LogP contribution in [0.25, 0.3) is 0 Å². The van der Waals surface area contributed by atoms with E-state index in [9.17, 15) is 8.78 Å². The molecule has 0 unspecified atom stereocenters. The first kappa shape index (κ1) is 11.3. The van der Waals surface area contributed by atoms with Gasteiger partial charge in [-0.2, -0.15) is 5.10 Å². The molecule has 0 amide bonds. The predicted molar refractivity (Wildman–Crippen MR) is 63.0 cm³/mol. The molecule has 0 radical (unpaired) electrons. The Hall–Kier alpha value is -2.17. The molecule has 0 saturated carbocycles. The van der Waals surface area contributed by atoms with Gasteiger partial charge in [-0.15, -0.1) is 0 Å². The Labute approximate surface area is 97.2 Å². The number of H-pyrrole nitrogens is 1. The minimum Gasteiger partial charge on any atom is -0.360 e. The molecule has 0 aliphatic carbocycles. The number of halogens is 2. The van der Waals surface area contributed by atoms with Gasteiger partial charge in [0.15, 0.2) is 5.82 Å². The minimum absolute atomic E-state index is 0.136. The maximum atomic E-state index is 13.3. The summed E-state index contributed by atoms with van der Waals surface area (Å²) < 4.78 is 25.9. The van der Waals surface area contributed by atoms with E-state index in [0.29, 0.717) is 5.71 Å². The van der Waals surface area contributed by atoms with Gasteiger partial charge in [0, 0.05) is 12.3 Å². The normalized spacial score (nSPS) is 11.6. The number of aromatic amines is 1. The first-order valence-corrected chi connectivity index (χ1v) is 5.06. The fourth-order valence-corrected chi connectivity index (χ4v) is 1.34. The third kappa shape index (κ3) is 2.69. The van der Waals surface area contributed by atoms with Crippen LogP contribution >= 0.6 is 0 Å². The van der Waals surface area contributed by atoms with E-state index in [2.05, 4.69) is 15.5 Å². The number of rotatable bonds is 3. The lowest BCUT2D eigenvalue weighted by molar-refractivity contribution is 0.585. The van der Waals surface area contributed by atoms with Crippen molar-refractivity contribution in [1.29, 1.82) is 0 Å². The van der Waals surface area contributed by atoms with Crippen molar-refractivity contribution in [3.63, 3.8) is 0 Å². The second kappa shape index (κ2) is 4.78. The molecular weight excluding hydrogens is 224 g/mol. The summed E-state index contributed by atoms with van der Waals surface area (Å²) in [5, 5.41) is 4.00. The molecule has 0 aliphatic heterocycles. The highest BCUT2D eigenvalue weighted by Gasteiger charge is 2.03. The molecule has 1 aromatic carbocycles. The minimum atomic E-state index is -0.673. The van der Waals surface area contributed by atoms with Gasteiger partial charge >= 0.3 is 0 Å². The zero-order valence-electron chi connectivity index (χ0n) is 9.17. The number of nitrogens with zero attached hydrogens (tertiary/aromatic N) is 1. The fraction of sp³-hybridized carbons (Fsp3) is 0.0833. The van der Waals surface area contributed by atoms with Crippen LogP contribution in [0.5, 0.6) is 0 Å². The molecule has 2 aromatic rings. The lowest BCUT2D eigenvalue weighted by Crippen LogP contribution is -2.01. The summed E-state index contributed by atoms with van der Waals surface area (Å²) in [6, 6.07) is 6.97. The van der Waals surface area contributed by atoms with Crippen LogP contribution in [-0.4, -0.2) is 10.7 Å². The van der Waals surface area contributed by atoms with Gasteiger partial charge in [-0.25, -0.2) is 8.78 Å². The number of hydrogen-bond acceptors (Lipinski definition) is 2. The van der Waals surface area contributed by atoms with E-state index in [1.165, 1.54) is 12.1 Å². The Morgan fingerprint density at radius 1 is 1.29 bits per heavy atom. The number of nitrogens with one attached hydrogen (secondary N) is 2. The van der Waals surface area contributed by atoms with E-state index in [4.69, 9.17) is 0 Å². The number of hydrogen-bond donors (Lipinski definition) is 2. The van der Waals surface area contributed by atoms with Crippen LogP contribution < -0.4 is 5.43 Å². The Morgan fingerprint density at radius 3 is 2.76 bits per heavy atom. The summed E-state index contributed by atoms with van der Waals surface area (Å²) in [4.78, 5) is 2.97. The van der Waals surface area contributed by atoms with Crippen LogP contribution in [-0.2, 0) is 0 Å². The van der Waals surface area contributed by atoms with Gasteiger partial charge in [0.25, 0.3) is 0 Å². The molecular formula is C12H11F2N3. The lowest BCUT2D eigenvalue weighted by Gasteiger charge is -2.03. The molecule has 2 N–H and O–H groups in total. The summed E-state index contributed by atoms with van der Waals surface area (Å²) in [6.45, 7) is 1.78. The van der Waals surface area contributed by atoms with Crippen molar-refractivity contribution < 1.29 is 8.78 Å². The third-order valence-corrected chi connectivity index (χ3v) is 2.26. The van der Waals surface area contributed by atoms with Crippen molar-refractivity contribution in [3.8, 4) is 0 Å². The van der Waals surface area contributed by atoms with E-state index in [0.717, 1.165) is 11.8 Å². The molecule has 0 spiro atoms. The Kier molecular flexibility index (Phi) is 3.18. The van der Waals surface area contributed by atoms with Crippen molar-refractivity contribution in [2.75, 3.05) is 5.43 Å². The fourth-order valence-electron chi connectivity index (χ4n) is 1.34. The van der Waals surface area contributed by atoms with Gasteiger partial charge in [0.1, 0.15) is 5.82 Å². The van der Waals surface area contributed by atoms with Crippen molar-refractivity contribution in [2.45, 2.75) is 6.92 Å². The van der Waals surface area contributed by atoms with E-state index >= 15 is 0 Å². The first-order chi connectivity index (χ1) is 8.16. The average molecular weight is 235 g/mol. The van der Waals surface area contributed by atoms with Crippen LogP contribution in [0.4, 0.5) is 14.5 Å². The molecule has 0 fully saturated rings. The van der Waals surface area contributed by atoms with Crippen molar-refractivity contribution in [2.24, 2.45) is 5.10 Å². The molecule has 2 rings (SSSR count). The molecule has 0 bridgehead atoms. The second-order valence-corrected chi connectivity index (χ2v) is 3.52. The quantitative estimate of drug-likeness (QED) is 0.622. The topological polar surface area (TPSA) is 40.2 Å². The predicted octanol–water partition coefficient (Wildman–Crippen LogP) is 3.13. The molecule has 5 heteroatoms. The van der Waals surface area contributed by atoms with Gasteiger partial charge < -0.3 is 4.98 Å². The Balaban J connectivity index is 2.14. The number of aromatic nitrogens is 1. The van der Waals surface area contributed by atoms with Gasteiger partial charge in [0.05, 0.1) is 17.1 Å². The van der Waals surface area contributed by atoms with E-state index in [1.807, 2.05) is 12.1 Å². The maximum Gasteiger partial charge on any atom is 0.151 e. The summed E-state index contributed by atoms with van der Waals surface area (Å²) in [6.07, 6.45) is 1.77. The van der Waals surface area contributed by atoms with Crippen LogP contribution in [0.15, 0.2) is 41.6 Å². The van der Waals surface area contributed by atoms with E-state index < -0.39 is 11.6 Å². The van der Waals surface area contributed by atoms with Gasteiger partial charge in [-0.05, 0) is 31.2 Å². The number of benzene rings is 1. The van der Waals surface area contributed by atoms with Crippen LogP contribution in [0.2, 0.25) is 0 Å².